The summed E-state index contributed by atoms with van der Waals surface area (Å²) in [6.07, 6.45) is 6.35. The van der Waals surface area contributed by atoms with Crippen molar-refractivity contribution in [3.63, 3.8) is 0 Å². The second-order valence-electron chi connectivity index (χ2n) is 6.16. The molecule has 1 aliphatic carbocycles. The van der Waals surface area contributed by atoms with E-state index in [1.54, 1.807) is 11.3 Å². The summed E-state index contributed by atoms with van der Waals surface area (Å²) >= 11 is 2.90. The Morgan fingerprint density at radius 2 is 2.25 bits per heavy atom. The van der Waals surface area contributed by atoms with Crippen molar-refractivity contribution in [1.82, 2.24) is 20.2 Å². The molecule has 3 N–H and O–H groups in total. The molecular formula is C16H23N5OS2. The number of amides is 1. The first-order valence-corrected chi connectivity index (χ1v) is 10.1. The van der Waals surface area contributed by atoms with Crippen LogP contribution in [0.1, 0.15) is 39.0 Å². The second kappa shape index (κ2) is 8.02. The zero-order chi connectivity index (χ0) is 16.9. The third-order valence-electron chi connectivity index (χ3n) is 4.35. The minimum atomic E-state index is -0.253. The number of carbonyl (C=O) groups is 1. The smallest absolute Gasteiger partial charge is 0.233 e. The molecule has 0 aromatic carbocycles. The SMILES string of the molecule is CC(Sc1nnc(-c2cccs2)n1N)C(=O)NCC1CCCCC1. The van der Waals surface area contributed by atoms with E-state index in [4.69, 9.17) is 5.84 Å². The van der Waals surface area contributed by atoms with Gasteiger partial charge in [-0.1, -0.05) is 37.1 Å². The van der Waals surface area contributed by atoms with Crippen LogP contribution in [-0.4, -0.2) is 32.6 Å². The van der Waals surface area contributed by atoms with E-state index in [0.717, 1.165) is 11.4 Å². The number of thioether (sulfide) groups is 1. The monoisotopic (exact) mass is 365 g/mol. The Morgan fingerprint density at radius 3 is 2.96 bits per heavy atom. The highest BCUT2D eigenvalue weighted by atomic mass is 32.2. The molecule has 8 heteroatoms. The average Bonchev–Trinajstić information content (AvgIpc) is 3.24. The number of nitrogens with one attached hydrogen (secondary N) is 1. The van der Waals surface area contributed by atoms with E-state index < -0.39 is 0 Å². The first-order chi connectivity index (χ1) is 11.6. The third kappa shape index (κ3) is 4.10. The van der Waals surface area contributed by atoms with Crippen LogP contribution in [0.2, 0.25) is 0 Å². The van der Waals surface area contributed by atoms with Crippen LogP contribution in [0.3, 0.4) is 0 Å². The first kappa shape index (κ1) is 17.3. The number of hydrogen-bond donors (Lipinski definition) is 2. The van der Waals surface area contributed by atoms with Gasteiger partial charge >= 0.3 is 0 Å². The number of nitrogens with two attached hydrogens (primary N) is 1. The van der Waals surface area contributed by atoms with Gasteiger partial charge in [0.25, 0.3) is 0 Å². The number of nitrogen functional groups attached to an aromatic ring is 1. The number of hydrogen-bond acceptors (Lipinski definition) is 6. The van der Waals surface area contributed by atoms with E-state index in [2.05, 4.69) is 15.5 Å². The van der Waals surface area contributed by atoms with Crippen LogP contribution in [0.5, 0.6) is 0 Å². The Kier molecular flexibility index (Phi) is 5.78. The van der Waals surface area contributed by atoms with Gasteiger partial charge in [0, 0.05) is 6.54 Å². The van der Waals surface area contributed by atoms with E-state index in [9.17, 15) is 4.79 Å². The van der Waals surface area contributed by atoms with Gasteiger partial charge in [0.1, 0.15) is 0 Å². The Hall–Kier alpha value is -1.54. The third-order valence-corrected chi connectivity index (χ3v) is 6.27. The number of carbonyl (C=O) groups excluding carboxylic acids is 1. The van der Waals surface area contributed by atoms with Crippen LogP contribution in [0, 0.1) is 5.92 Å². The predicted octanol–water partition coefficient (Wildman–Crippen LogP) is 2.90. The van der Waals surface area contributed by atoms with E-state index in [0.29, 0.717) is 16.9 Å². The standard InChI is InChI=1S/C16H23N5OS2/c1-11(15(22)18-10-12-6-3-2-4-7-12)24-16-20-19-14(21(16)17)13-8-5-9-23-13/h5,8-9,11-12H,2-4,6-7,10,17H2,1H3,(H,18,22). The molecule has 3 rings (SSSR count). The molecule has 130 valence electrons. The molecular weight excluding hydrogens is 342 g/mol. The lowest BCUT2D eigenvalue weighted by atomic mass is 9.89. The van der Waals surface area contributed by atoms with E-state index in [1.807, 2.05) is 24.4 Å². The van der Waals surface area contributed by atoms with Gasteiger partial charge in [-0.05, 0) is 37.1 Å². The molecule has 1 fully saturated rings. The fourth-order valence-electron chi connectivity index (χ4n) is 2.92. The van der Waals surface area contributed by atoms with E-state index in [1.165, 1.54) is 48.5 Å². The summed E-state index contributed by atoms with van der Waals surface area (Å²) in [6.45, 7) is 2.65. The van der Waals surface area contributed by atoms with Crippen LogP contribution in [0.25, 0.3) is 10.7 Å². The largest absolute Gasteiger partial charge is 0.355 e. The Balaban J connectivity index is 1.54. The number of rotatable bonds is 6. The van der Waals surface area contributed by atoms with Crippen molar-refractivity contribution in [2.45, 2.75) is 49.4 Å². The molecule has 2 aromatic heterocycles. The molecule has 1 unspecified atom stereocenters. The van der Waals surface area contributed by atoms with Crippen molar-refractivity contribution in [2.24, 2.45) is 5.92 Å². The van der Waals surface area contributed by atoms with Crippen molar-refractivity contribution in [2.75, 3.05) is 12.4 Å². The molecule has 1 saturated carbocycles. The molecule has 6 nitrogen and oxygen atoms in total. The van der Waals surface area contributed by atoms with Crippen molar-refractivity contribution >= 4 is 29.0 Å². The van der Waals surface area contributed by atoms with E-state index in [-0.39, 0.29) is 11.2 Å². The van der Waals surface area contributed by atoms with Gasteiger partial charge in [-0.15, -0.1) is 21.5 Å². The fourth-order valence-corrected chi connectivity index (χ4v) is 4.42. The molecule has 0 spiro atoms. The van der Waals surface area contributed by atoms with Crippen LogP contribution >= 0.6 is 23.1 Å². The normalized spacial score (nSPS) is 16.9. The molecule has 1 amide bonds. The Bertz CT molecular complexity index is 664. The van der Waals surface area contributed by atoms with Gasteiger partial charge in [0.05, 0.1) is 10.1 Å². The number of thiophene rings is 1. The summed E-state index contributed by atoms with van der Waals surface area (Å²) < 4.78 is 1.46. The van der Waals surface area contributed by atoms with Gasteiger partial charge in [0.2, 0.25) is 11.1 Å². The highest BCUT2D eigenvalue weighted by Gasteiger charge is 2.21. The molecule has 2 aromatic rings. The Morgan fingerprint density at radius 1 is 1.46 bits per heavy atom. The topological polar surface area (TPSA) is 85.8 Å². The lowest BCUT2D eigenvalue weighted by Gasteiger charge is -2.22. The molecule has 0 aliphatic heterocycles. The highest BCUT2D eigenvalue weighted by Crippen LogP contribution is 2.27. The minimum absolute atomic E-state index is 0.0336. The maximum atomic E-state index is 12.3. The van der Waals surface area contributed by atoms with Crippen molar-refractivity contribution in [3.8, 4) is 10.7 Å². The fraction of sp³-hybridized carbons (Fsp3) is 0.562. The van der Waals surface area contributed by atoms with Crippen LogP contribution in [0.15, 0.2) is 22.7 Å². The zero-order valence-electron chi connectivity index (χ0n) is 13.8. The van der Waals surface area contributed by atoms with Gasteiger partial charge in [-0.3, -0.25) is 4.79 Å². The number of nitrogens with zero attached hydrogens (tertiary/aromatic N) is 3. The molecule has 0 bridgehead atoms. The van der Waals surface area contributed by atoms with E-state index >= 15 is 0 Å². The summed E-state index contributed by atoms with van der Waals surface area (Å²) in [7, 11) is 0. The molecule has 1 atom stereocenters. The quantitative estimate of drug-likeness (QED) is 0.607. The maximum Gasteiger partial charge on any atom is 0.233 e. The zero-order valence-corrected chi connectivity index (χ0v) is 15.4. The minimum Gasteiger partial charge on any atom is -0.355 e. The van der Waals surface area contributed by atoms with Crippen LogP contribution in [-0.2, 0) is 4.79 Å². The van der Waals surface area contributed by atoms with Crippen molar-refractivity contribution in [1.29, 1.82) is 0 Å². The van der Waals surface area contributed by atoms with Gasteiger partial charge in [0.15, 0.2) is 5.82 Å². The lowest BCUT2D eigenvalue weighted by molar-refractivity contribution is -0.120. The van der Waals surface area contributed by atoms with Crippen LogP contribution in [0.4, 0.5) is 0 Å². The average molecular weight is 366 g/mol. The molecule has 0 saturated heterocycles. The maximum absolute atomic E-state index is 12.3. The van der Waals surface area contributed by atoms with Gasteiger partial charge < -0.3 is 11.2 Å². The molecule has 1 aliphatic rings. The Labute approximate surface area is 150 Å². The summed E-state index contributed by atoms with van der Waals surface area (Å²) in [4.78, 5) is 13.3. The molecule has 24 heavy (non-hydrogen) atoms. The second-order valence-corrected chi connectivity index (χ2v) is 8.42. The van der Waals surface area contributed by atoms with Crippen molar-refractivity contribution < 1.29 is 4.79 Å². The first-order valence-electron chi connectivity index (χ1n) is 8.34. The summed E-state index contributed by atoms with van der Waals surface area (Å²) in [6, 6.07) is 3.90. The molecule has 2 heterocycles. The predicted molar refractivity (Wildman–Crippen MR) is 98.4 cm³/mol. The van der Waals surface area contributed by atoms with Gasteiger partial charge in [-0.2, -0.15) is 0 Å². The summed E-state index contributed by atoms with van der Waals surface area (Å²) in [5.41, 5.74) is 0. The summed E-state index contributed by atoms with van der Waals surface area (Å²) in [5.74, 6) is 7.37. The van der Waals surface area contributed by atoms with Crippen LogP contribution < -0.4 is 11.2 Å². The number of aromatic nitrogens is 3. The van der Waals surface area contributed by atoms with Gasteiger partial charge in [-0.25, -0.2) is 4.68 Å². The lowest BCUT2D eigenvalue weighted by Crippen LogP contribution is -2.35. The summed E-state index contributed by atoms with van der Waals surface area (Å²) in [5, 5.41) is 13.6. The van der Waals surface area contributed by atoms with Crippen molar-refractivity contribution in [3.05, 3.63) is 17.5 Å². The molecule has 0 radical (unpaired) electrons. The highest BCUT2D eigenvalue weighted by molar-refractivity contribution is 8.00.